The Bertz CT molecular complexity index is 171. The number of carbonyl (C=O) groups excluding carboxylic acids is 1. The van der Waals surface area contributed by atoms with E-state index in [2.05, 4.69) is 0 Å². The predicted molar refractivity (Wildman–Crippen MR) is 50.5 cm³/mol. The third-order valence-corrected chi connectivity index (χ3v) is 1.75. The summed E-state index contributed by atoms with van der Waals surface area (Å²) in [6, 6.07) is 0. The average molecular weight is 170 g/mol. The molecule has 0 spiro atoms. The second-order valence-electron chi connectivity index (χ2n) is 2.53. The monoisotopic (exact) mass is 170 g/mol. The van der Waals surface area contributed by atoms with Gasteiger partial charge in [-0.25, -0.2) is 0 Å². The number of carbonyl (C=O) groups is 1. The lowest BCUT2D eigenvalue weighted by molar-refractivity contribution is -0.116. The van der Waals surface area contributed by atoms with E-state index in [4.69, 9.17) is 5.73 Å². The summed E-state index contributed by atoms with van der Waals surface area (Å²) < 4.78 is 0. The van der Waals surface area contributed by atoms with Gasteiger partial charge in [-0.1, -0.05) is 13.0 Å². The van der Waals surface area contributed by atoms with E-state index in [1.54, 1.807) is 0 Å². The zero-order valence-electron chi connectivity index (χ0n) is 8.13. The Balaban J connectivity index is 4.48. The van der Waals surface area contributed by atoms with E-state index >= 15 is 0 Å². The zero-order chi connectivity index (χ0) is 9.56. The molecule has 0 heterocycles. The Morgan fingerprint density at radius 1 is 1.33 bits per heavy atom. The van der Waals surface area contributed by atoms with Crippen molar-refractivity contribution in [2.24, 2.45) is 5.73 Å². The first-order valence-electron chi connectivity index (χ1n) is 4.42. The summed E-state index contributed by atoms with van der Waals surface area (Å²) in [5.41, 5.74) is 5.87. The van der Waals surface area contributed by atoms with Gasteiger partial charge >= 0.3 is 0 Å². The maximum Gasteiger partial charge on any atom is 0.264 e. The van der Waals surface area contributed by atoms with Crippen LogP contribution in [-0.4, -0.2) is 23.9 Å². The van der Waals surface area contributed by atoms with Crippen LogP contribution in [0.15, 0.2) is 11.8 Å². The zero-order valence-corrected chi connectivity index (χ0v) is 8.13. The van der Waals surface area contributed by atoms with Gasteiger partial charge in [0.25, 0.3) is 5.91 Å². The van der Waals surface area contributed by atoms with Crippen molar-refractivity contribution >= 4 is 5.91 Å². The fourth-order valence-corrected chi connectivity index (χ4v) is 1.14. The minimum Gasteiger partial charge on any atom is -0.368 e. The molecule has 0 fully saturated rings. The highest BCUT2D eigenvalue weighted by molar-refractivity contribution is 5.91. The van der Waals surface area contributed by atoms with Crippen LogP contribution in [0.3, 0.4) is 0 Å². The molecule has 0 aromatic heterocycles. The molecule has 3 heteroatoms. The highest BCUT2D eigenvalue weighted by Gasteiger charge is 2.09. The van der Waals surface area contributed by atoms with E-state index in [1.165, 1.54) is 0 Å². The van der Waals surface area contributed by atoms with Gasteiger partial charge in [0.2, 0.25) is 0 Å². The molecular weight excluding hydrogens is 152 g/mol. The van der Waals surface area contributed by atoms with E-state index in [-0.39, 0.29) is 5.91 Å². The number of allylic oxidation sites excluding steroid dienone is 1. The second-order valence-corrected chi connectivity index (χ2v) is 2.53. The van der Waals surface area contributed by atoms with Crippen LogP contribution in [0.5, 0.6) is 0 Å². The summed E-state index contributed by atoms with van der Waals surface area (Å²) in [7, 11) is 0. The van der Waals surface area contributed by atoms with E-state index in [9.17, 15) is 4.79 Å². The Kier molecular flexibility index (Phi) is 5.17. The highest BCUT2D eigenvalue weighted by atomic mass is 16.1. The molecule has 0 aliphatic rings. The number of nitrogens with zero attached hydrogens (tertiary/aromatic N) is 1. The van der Waals surface area contributed by atoms with Crippen LogP contribution >= 0.6 is 0 Å². The molecular formula is C9H18N2O. The quantitative estimate of drug-likeness (QED) is 0.628. The van der Waals surface area contributed by atoms with Crippen molar-refractivity contribution < 1.29 is 4.79 Å². The molecule has 0 radical (unpaired) electrons. The minimum atomic E-state index is -0.333. The van der Waals surface area contributed by atoms with Crippen molar-refractivity contribution in [2.75, 3.05) is 13.1 Å². The van der Waals surface area contributed by atoms with Crippen LogP contribution in [-0.2, 0) is 4.79 Å². The van der Waals surface area contributed by atoms with Gasteiger partial charge in [-0.05, 0) is 20.3 Å². The van der Waals surface area contributed by atoms with Gasteiger partial charge in [0.15, 0.2) is 0 Å². The standard InChI is InChI=1S/C9H18N2O/c1-4-7-8(9(10)12)11(5-2)6-3/h7H,4-6H2,1-3H3,(H2,10,12)/b8-7+. The van der Waals surface area contributed by atoms with E-state index < -0.39 is 0 Å². The smallest absolute Gasteiger partial charge is 0.264 e. The third kappa shape index (κ3) is 2.95. The molecule has 0 saturated carbocycles. The van der Waals surface area contributed by atoms with Crippen molar-refractivity contribution in [3.05, 3.63) is 11.8 Å². The van der Waals surface area contributed by atoms with Gasteiger partial charge in [0.05, 0.1) is 5.70 Å². The van der Waals surface area contributed by atoms with Gasteiger partial charge < -0.3 is 10.6 Å². The number of likely N-dealkylation sites (N-methyl/N-ethyl adjacent to an activating group) is 1. The van der Waals surface area contributed by atoms with Gasteiger partial charge in [-0.2, -0.15) is 0 Å². The van der Waals surface area contributed by atoms with Gasteiger partial charge in [0.1, 0.15) is 0 Å². The van der Waals surface area contributed by atoms with Crippen LogP contribution in [0.4, 0.5) is 0 Å². The molecule has 2 N–H and O–H groups in total. The molecule has 1 amide bonds. The summed E-state index contributed by atoms with van der Waals surface area (Å²) in [6.45, 7) is 7.66. The average Bonchev–Trinajstić information content (AvgIpc) is 2.05. The molecule has 0 rings (SSSR count). The fraction of sp³-hybridized carbons (Fsp3) is 0.667. The Labute approximate surface area is 74.2 Å². The van der Waals surface area contributed by atoms with Crippen LogP contribution < -0.4 is 5.73 Å². The van der Waals surface area contributed by atoms with E-state index in [0.29, 0.717) is 5.70 Å². The van der Waals surface area contributed by atoms with Crippen molar-refractivity contribution in [1.29, 1.82) is 0 Å². The molecule has 0 unspecified atom stereocenters. The molecule has 0 aromatic carbocycles. The molecule has 12 heavy (non-hydrogen) atoms. The maximum atomic E-state index is 11.0. The first-order valence-corrected chi connectivity index (χ1v) is 4.42. The minimum absolute atomic E-state index is 0.333. The molecule has 70 valence electrons. The van der Waals surface area contributed by atoms with Crippen molar-refractivity contribution in [3.8, 4) is 0 Å². The van der Waals surface area contributed by atoms with Crippen molar-refractivity contribution in [3.63, 3.8) is 0 Å². The Morgan fingerprint density at radius 2 is 1.83 bits per heavy atom. The van der Waals surface area contributed by atoms with E-state index in [0.717, 1.165) is 19.5 Å². The lowest BCUT2D eigenvalue weighted by Crippen LogP contribution is -2.31. The number of hydrogen-bond donors (Lipinski definition) is 1. The van der Waals surface area contributed by atoms with Crippen molar-refractivity contribution in [1.82, 2.24) is 4.90 Å². The lowest BCUT2D eigenvalue weighted by Gasteiger charge is -2.21. The Morgan fingerprint density at radius 3 is 2.08 bits per heavy atom. The summed E-state index contributed by atoms with van der Waals surface area (Å²) in [6.07, 6.45) is 2.71. The summed E-state index contributed by atoms with van der Waals surface area (Å²) in [5, 5.41) is 0. The maximum absolute atomic E-state index is 11.0. The molecule has 0 aromatic rings. The van der Waals surface area contributed by atoms with Crippen molar-refractivity contribution in [2.45, 2.75) is 27.2 Å². The lowest BCUT2D eigenvalue weighted by atomic mass is 10.3. The SMILES string of the molecule is CC/C=C(\C(N)=O)N(CC)CC. The number of hydrogen-bond acceptors (Lipinski definition) is 2. The summed E-state index contributed by atoms with van der Waals surface area (Å²) >= 11 is 0. The van der Waals surface area contributed by atoms with Gasteiger partial charge in [-0.15, -0.1) is 0 Å². The first kappa shape index (κ1) is 11.0. The van der Waals surface area contributed by atoms with Crippen LogP contribution in [0.25, 0.3) is 0 Å². The highest BCUT2D eigenvalue weighted by Crippen LogP contribution is 2.03. The summed E-state index contributed by atoms with van der Waals surface area (Å²) in [5.74, 6) is -0.333. The summed E-state index contributed by atoms with van der Waals surface area (Å²) in [4.78, 5) is 12.9. The van der Waals surface area contributed by atoms with Crippen LogP contribution in [0.1, 0.15) is 27.2 Å². The van der Waals surface area contributed by atoms with Gasteiger partial charge in [0, 0.05) is 13.1 Å². The normalized spacial score (nSPS) is 11.4. The molecule has 0 aliphatic carbocycles. The largest absolute Gasteiger partial charge is 0.368 e. The molecule has 0 saturated heterocycles. The van der Waals surface area contributed by atoms with E-state index in [1.807, 2.05) is 31.7 Å². The molecule has 0 aliphatic heterocycles. The molecule has 0 bridgehead atoms. The fourth-order valence-electron chi connectivity index (χ4n) is 1.14. The second kappa shape index (κ2) is 5.63. The topological polar surface area (TPSA) is 46.3 Å². The number of primary amides is 1. The molecule has 3 nitrogen and oxygen atoms in total. The Hall–Kier alpha value is -0.990. The molecule has 0 atom stereocenters. The number of rotatable bonds is 5. The third-order valence-electron chi connectivity index (χ3n) is 1.75. The van der Waals surface area contributed by atoms with Gasteiger partial charge in [-0.3, -0.25) is 4.79 Å². The van der Waals surface area contributed by atoms with Crippen LogP contribution in [0, 0.1) is 0 Å². The number of nitrogens with two attached hydrogens (primary N) is 1. The number of amides is 1. The van der Waals surface area contributed by atoms with Crippen LogP contribution in [0.2, 0.25) is 0 Å². The predicted octanol–water partition coefficient (Wildman–Crippen LogP) is 1.11. The first-order chi connectivity index (χ1) is 5.67.